The van der Waals surface area contributed by atoms with E-state index in [9.17, 15) is 4.39 Å². The number of anilines is 1. The van der Waals surface area contributed by atoms with Crippen LogP contribution in [0.2, 0.25) is 0 Å². The number of nitrogens with two attached hydrogens (primary N) is 1. The first-order valence-electron chi connectivity index (χ1n) is 3.74. The summed E-state index contributed by atoms with van der Waals surface area (Å²) in [5.74, 6) is -1.07. The SMILES string of the molecule is Nc1nnc(-c2ccc(F)c(O)c2)s1. The molecule has 72 valence electrons. The molecule has 3 N–H and O–H groups in total. The third kappa shape index (κ3) is 1.51. The molecule has 6 heteroatoms. The lowest BCUT2D eigenvalue weighted by molar-refractivity contribution is 0.433. The maximum atomic E-state index is 12.7. The Balaban J connectivity index is 2.47. The van der Waals surface area contributed by atoms with Gasteiger partial charge in [-0.15, -0.1) is 10.2 Å². The van der Waals surface area contributed by atoms with Crippen molar-refractivity contribution in [2.75, 3.05) is 5.73 Å². The molecule has 0 radical (unpaired) electrons. The van der Waals surface area contributed by atoms with Gasteiger partial charge in [0.05, 0.1) is 0 Å². The molecule has 0 atom stereocenters. The Morgan fingerprint density at radius 1 is 1.36 bits per heavy atom. The van der Waals surface area contributed by atoms with Gasteiger partial charge in [-0.2, -0.15) is 0 Å². The fourth-order valence-corrected chi connectivity index (χ4v) is 1.60. The number of aromatic hydroxyl groups is 1. The molecule has 0 aliphatic rings. The zero-order valence-electron chi connectivity index (χ0n) is 6.94. The molecule has 4 nitrogen and oxygen atoms in total. The number of nitrogen functional groups attached to an aromatic ring is 1. The number of halogens is 1. The van der Waals surface area contributed by atoms with Gasteiger partial charge in [0, 0.05) is 5.56 Å². The van der Waals surface area contributed by atoms with E-state index < -0.39 is 11.6 Å². The number of nitrogens with zero attached hydrogens (tertiary/aromatic N) is 2. The first kappa shape index (κ1) is 8.89. The van der Waals surface area contributed by atoms with Crippen molar-refractivity contribution in [3.05, 3.63) is 24.0 Å². The van der Waals surface area contributed by atoms with E-state index in [0.29, 0.717) is 15.7 Å². The maximum Gasteiger partial charge on any atom is 0.203 e. The molecule has 2 aromatic rings. The molecule has 14 heavy (non-hydrogen) atoms. The lowest BCUT2D eigenvalue weighted by Gasteiger charge is -1.97. The summed E-state index contributed by atoms with van der Waals surface area (Å²) in [6.45, 7) is 0. The zero-order valence-corrected chi connectivity index (χ0v) is 7.75. The highest BCUT2D eigenvalue weighted by atomic mass is 32.1. The van der Waals surface area contributed by atoms with Crippen LogP contribution >= 0.6 is 11.3 Å². The van der Waals surface area contributed by atoms with Crippen LogP contribution in [-0.4, -0.2) is 15.3 Å². The average Bonchev–Trinajstić information content (AvgIpc) is 2.57. The Bertz CT molecular complexity index is 471. The molecule has 0 aliphatic heterocycles. The van der Waals surface area contributed by atoms with Gasteiger partial charge in [0.25, 0.3) is 0 Å². The standard InChI is InChI=1S/C8H6FN3OS/c9-5-2-1-4(3-6(5)13)7-11-12-8(10)14-7/h1-3,13H,(H2,10,12). The molecule has 0 aliphatic carbocycles. The summed E-state index contributed by atoms with van der Waals surface area (Å²) in [5.41, 5.74) is 5.99. The Morgan fingerprint density at radius 2 is 2.14 bits per heavy atom. The molecule has 0 saturated carbocycles. The molecule has 1 aromatic heterocycles. The predicted octanol–water partition coefficient (Wildman–Crippen LogP) is 1.63. The van der Waals surface area contributed by atoms with E-state index in [0.717, 1.165) is 0 Å². The Labute approximate surface area is 82.8 Å². The van der Waals surface area contributed by atoms with Crippen molar-refractivity contribution in [3.8, 4) is 16.3 Å². The number of hydrogen-bond donors (Lipinski definition) is 2. The van der Waals surface area contributed by atoms with Crippen LogP contribution in [0.15, 0.2) is 18.2 Å². The van der Waals surface area contributed by atoms with Crippen molar-refractivity contribution in [1.82, 2.24) is 10.2 Å². The molecular formula is C8H6FN3OS. The predicted molar refractivity (Wildman–Crippen MR) is 51.4 cm³/mol. The van der Waals surface area contributed by atoms with Crippen molar-refractivity contribution in [2.24, 2.45) is 0 Å². The minimum atomic E-state index is -0.661. The Kier molecular flexibility index (Phi) is 2.05. The van der Waals surface area contributed by atoms with Crippen molar-refractivity contribution < 1.29 is 9.50 Å². The van der Waals surface area contributed by atoms with Gasteiger partial charge in [-0.1, -0.05) is 11.3 Å². The molecule has 0 unspecified atom stereocenters. The molecule has 0 spiro atoms. The van der Waals surface area contributed by atoms with Gasteiger partial charge in [0.15, 0.2) is 11.6 Å². The molecule has 0 saturated heterocycles. The largest absolute Gasteiger partial charge is 0.505 e. The summed E-state index contributed by atoms with van der Waals surface area (Å²) < 4.78 is 12.7. The van der Waals surface area contributed by atoms with E-state index in [4.69, 9.17) is 10.8 Å². The second-order valence-corrected chi connectivity index (χ2v) is 3.62. The Morgan fingerprint density at radius 3 is 2.71 bits per heavy atom. The van der Waals surface area contributed by atoms with Crippen LogP contribution in [0.3, 0.4) is 0 Å². The summed E-state index contributed by atoms with van der Waals surface area (Å²) in [5, 5.41) is 17.4. The maximum absolute atomic E-state index is 12.7. The van der Waals surface area contributed by atoms with Gasteiger partial charge >= 0.3 is 0 Å². The van der Waals surface area contributed by atoms with Crippen molar-refractivity contribution in [2.45, 2.75) is 0 Å². The number of phenols is 1. The van der Waals surface area contributed by atoms with Crippen LogP contribution < -0.4 is 5.73 Å². The van der Waals surface area contributed by atoms with Crippen LogP contribution in [0, 0.1) is 5.82 Å². The second kappa shape index (κ2) is 3.22. The third-order valence-electron chi connectivity index (χ3n) is 1.63. The molecule has 1 heterocycles. The van der Waals surface area contributed by atoms with E-state index >= 15 is 0 Å². The smallest absolute Gasteiger partial charge is 0.203 e. The highest BCUT2D eigenvalue weighted by Gasteiger charge is 2.07. The topological polar surface area (TPSA) is 72.0 Å². The fraction of sp³-hybridized carbons (Fsp3) is 0. The molecule has 0 fully saturated rings. The normalized spacial score (nSPS) is 10.4. The van der Waals surface area contributed by atoms with Crippen LogP contribution in [0.25, 0.3) is 10.6 Å². The molecule has 0 bridgehead atoms. The quantitative estimate of drug-likeness (QED) is 0.752. The summed E-state index contributed by atoms with van der Waals surface area (Å²) in [6, 6.07) is 3.96. The van der Waals surface area contributed by atoms with E-state index in [1.165, 1.54) is 29.5 Å². The number of aromatic nitrogens is 2. The third-order valence-corrected chi connectivity index (χ3v) is 2.44. The summed E-state index contributed by atoms with van der Waals surface area (Å²) in [7, 11) is 0. The minimum Gasteiger partial charge on any atom is -0.505 e. The zero-order chi connectivity index (χ0) is 10.1. The highest BCUT2D eigenvalue weighted by Crippen LogP contribution is 2.28. The Hall–Kier alpha value is -1.69. The summed E-state index contributed by atoms with van der Waals surface area (Å²) >= 11 is 1.18. The van der Waals surface area contributed by atoms with Gasteiger partial charge in [-0.25, -0.2) is 4.39 Å². The lowest BCUT2D eigenvalue weighted by Crippen LogP contribution is -1.81. The number of phenolic OH excluding ortho intramolecular Hbond substituents is 1. The molecule has 2 rings (SSSR count). The van der Waals surface area contributed by atoms with E-state index in [2.05, 4.69) is 10.2 Å². The van der Waals surface area contributed by atoms with E-state index in [1.54, 1.807) is 0 Å². The van der Waals surface area contributed by atoms with Gasteiger partial charge in [-0.3, -0.25) is 0 Å². The lowest BCUT2D eigenvalue weighted by atomic mass is 10.2. The van der Waals surface area contributed by atoms with Gasteiger partial charge < -0.3 is 10.8 Å². The van der Waals surface area contributed by atoms with Crippen LogP contribution in [0.5, 0.6) is 5.75 Å². The number of rotatable bonds is 1. The monoisotopic (exact) mass is 211 g/mol. The summed E-state index contributed by atoms with van der Waals surface area (Å²) in [4.78, 5) is 0. The van der Waals surface area contributed by atoms with E-state index in [-0.39, 0.29) is 0 Å². The van der Waals surface area contributed by atoms with Crippen molar-refractivity contribution in [1.29, 1.82) is 0 Å². The van der Waals surface area contributed by atoms with Crippen molar-refractivity contribution in [3.63, 3.8) is 0 Å². The van der Waals surface area contributed by atoms with Crippen molar-refractivity contribution >= 4 is 16.5 Å². The number of benzene rings is 1. The highest BCUT2D eigenvalue weighted by molar-refractivity contribution is 7.18. The number of hydrogen-bond acceptors (Lipinski definition) is 5. The fourth-order valence-electron chi connectivity index (χ4n) is 0.997. The average molecular weight is 211 g/mol. The second-order valence-electron chi connectivity index (χ2n) is 2.61. The van der Waals surface area contributed by atoms with Gasteiger partial charge in [0.2, 0.25) is 5.13 Å². The van der Waals surface area contributed by atoms with Crippen LogP contribution in [-0.2, 0) is 0 Å². The first-order chi connectivity index (χ1) is 6.66. The first-order valence-corrected chi connectivity index (χ1v) is 4.56. The summed E-state index contributed by atoms with van der Waals surface area (Å²) in [6.07, 6.45) is 0. The van der Waals surface area contributed by atoms with E-state index in [1.807, 2.05) is 0 Å². The molecule has 0 amide bonds. The van der Waals surface area contributed by atoms with Gasteiger partial charge in [-0.05, 0) is 18.2 Å². The van der Waals surface area contributed by atoms with Crippen LogP contribution in [0.4, 0.5) is 9.52 Å². The molecule has 1 aromatic carbocycles. The minimum absolute atomic E-state index is 0.337. The van der Waals surface area contributed by atoms with Gasteiger partial charge in [0.1, 0.15) is 5.01 Å². The molecular weight excluding hydrogens is 205 g/mol. The van der Waals surface area contributed by atoms with Crippen LogP contribution in [0.1, 0.15) is 0 Å².